The van der Waals surface area contributed by atoms with Crippen LogP contribution in [0.2, 0.25) is 0 Å². The van der Waals surface area contributed by atoms with Crippen LogP contribution in [-0.2, 0) is 0 Å². The van der Waals surface area contributed by atoms with Crippen molar-refractivity contribution in [1.82, 2.24) is 0 Å². The average molecular weight is 260 g/mol. The van der Waals surface area contributed by atoms with E-state index in [0.717, 1.165) is 0 Å². The van der Waals surface area contributed by atoms with Crippen molar-refractivity contribution in [3.63, 3.8) is 0 Å². The normalized spacial score (nSPS) is 10.2. The van der Waals surface area contributed by atoms with Crippen molar-refractivity contribution in [3.8, 4) is 11.5 Å². The molecule has 0 radical (unpaired) electrons. The average Bonchev–Trinajstić information content (AvgIpc) is 2.94. The Bertz CT molecular complexity index is 543. The van der Waals surface area contributed by atoms with Gasteiger partial charge in [0.25, 0.3) is 0 Å². The van der Waals surface area contributed by atoms with Gasteiger partial charge in [-0.25, -0.2) is 0 Å². The summed E-state index contributed by atoms with van der Waals surface area (Å²) in [5, 5.41) is 0. The second kappa shape index (κ2) is 6.09. The summed E-state index contributed by atoms with van der Waals surface area (Å²) in [6.07, 6.45) is 2.91. The fourth-order valence-electron chi connectivity index (χ4n) is 1.75. The molecule has 0 spiro atoms. The standard InChI is InChI=1S/C15H16O4/c1-3-18-13-6-5-11(9-14(13)19-4-2)15(16)12-7-8-17-10-12/h5-10H,3-4H2,1-2H3. The van der Waals surface area contributed by atoms with E-state index in [4.69, 9.17) is 13.9 Å². The van der Waals surface area contributed by atoms with E-state index in [2.05, 4.69) is 0 Å². The van der Waals surface area contributed by atoms with E-state index >= 15 is 0 Å². The number of hydrogen-bond donors (Lipinski definition) is 0. The first-order valence-corrected chi connectivity index (χ1v) is 6.22. The Labute approximate surface area is 111 Å². The van der Waals surface area contributed by atoms with Crippen molar-refractivity contribution in [3.05, 3.63) is 47.9 Å². The van der Waals surface area contributed by atoms with E-state index in [1.54, 1.807) is 24.3 Å². The van der Waals surface area contributed by atoms with Crippen LogP contribution in [0, 0.1) is 0 Å². The smallest absolute Gasteiger partial charge is 0.196 e. The van der Waals surface area contributed by atoms with Crippen LogP contribution in [0.3, 0.4) is 0 Å². The molecule has 0 bridgehead atoms. The van der Waals surface area contributed by atoms with Gasteiger partial charge in [-0.1, -0.05) is 0 Å². The van der Waals surface area contributed by atoms with E-state index in [1.165, 1.54) is 12.5 Å². The van der Waals surface area contributed by atoms with Gasteiger partial charge in [0.15, 0.2) is 17.3 Å². The quantitative estimate of drug-likeness (QED) is 0.748. The minimum atomic E-state index is -0.0993. The van der Waals surface area contributed by atoms with Crippen molar-refractivity contribution in [2.45, 2.75) is 13.8 Å². The minimum absolute atomic E-state index is 0.0993. The Morgan fingerprint density at radius 2 is 1.79 bits per heavy atom. The van der Waals surface area contributed by atoms with Crippen LogP contribution in [-0.4, -0.2) is 19.0 Å². The molecule has 0 saturated carbocycles. The molecule has 2 aromatic rings. The van der Waals surface area contributed by atoms with Gasteiger partial charge in [0.05, 0.1) is 25.0 Å². The van der Waals surface area contributed by atoms with E-state index in [0.29, 0.717) is 35.8 Å². The van der Waals surface area contributed by atoms with Gasteiger partial charge in [-0.15, -0.1) is 0 Å². The molecule has 100 valence electrons. The molecule has 0 unspecified atom stereocenters. The Balaban J connectivity index is 2.32. The van der Waals surface area contributed by atoms with Crippen molar-refractivity contribution >= 4 is 5.78 Å². The first kappa shape index (κ1) is 13.2. The van der Waals surface area contributed by atoms with Crippen LogP contribution in [0.1, 0.15) is 29.8 Å². The molecule has 2 rings (SSSR count). The molecule has 0 aliphatic carbocycles. The van der Waals surface area contributed by atoms with Crippen LogP contribution >= 0.6 is 0 Å². The molecule has 1 heterocycles. The van der Waals surface area contributed by atoms with Crippen LogP contribution in [0.25, 0.3) is 0 Å². The van der Waals surface area contributed by atoms with Crippen LogP contribution in [0.5, 0.6) is 11.5 Å². The maximum atomic E-state index is 12.2. The summed E-state index contributed by atoms with van der Waals surface area (Å²) < 4.78 is 15.9. The number of hydrogen-bond acceptors (Lipinski definition) is 4. The van der Waals surface area contributed by atoms with Crippen molar-refractivity contribution in [2.75, 3.05) is 13.2 Å². The zero-order valence-corrected chi connectivity index (χ0v) is 11.0. The summed E-state index contributed by atoms with van der Waals surface area (Å²) in [5.41, 5.74) is 1.07. The number of carbonyl (C=O) groups is 1. The highest BCUT2D eigenvalue weighted by Crippen LogP contribution is 2.29. The Kier molecular flexibility index (Phi) is 4.23. The Morgan fingerprint density at radius 1 is 1.05 bits per heavy atom. The predicted molar refractivity (Wildman–Crippen MR) is 70.9 cm³/mol. The van der Waals surface area contributed by atoms with Crippen molar-refractivity contribution in [1.29, 1.82) is 0 Å². The maximum Gasteiger partial charge on any atom is 0.196 e. The molecule has 1 aromatic heterocycles. The third-order valence-corrected chi connectivity index (χ3v) is 2.59. The number of ether oxygens (including phenoxy) is 2. The van der Waals surface area contributed by atoms with Gasteiger partial charge in [0.1, 0.15) is 6.26 Å². The van der Waals surface area contributed by atoms with Gasteiger partial charge in [0, 0.05) is 5.56 Å². The fourth-order valence-corrected chi connectivity index (χ4v) is 1.75. The SMILES string of the molecule is CCOc1ccc(C(=O)c2ccoc2)cc1OCC. The van der Waals surface area contributed by atoms with E-state index in [-0.39, 0.29) is 5.78 Å². The summed E-state index contributed by atoms with van der Waals surface area (Å²) in [6, 6.07) is 6.81. The van der Waals surface area contributed by atoms with Crippen LogP contribution in [0.4, 0.5) is 0 Å². The number of rotatable bonds is 6. The second-order valence-corrected chi connectivity index (χ2v) is 3.87. The highest BCUT2D eigenvalue weighted by Gasteiger charge is 2.14. The van der Waals surface area contributed by atoms with Crippen molar-refractivity contribution in [2.24, 2.45) is 0 Å². The first-order valence-electron chi connectivity index (χ1n) is 6.22. The van der Waals surface area contributed by atoms with Gasteiger partial charge >= 0.3 is 0 Å². The van der Waals surface area contributed by atoms with Crippen LogP contribution < -0.4 is 9.47 Å². The van der Waals surface area contributed by atoms with Gasteiger partial charge in [0.2, 0.25) is 0 Å². The molecule has 0 amide bonds. The zero-order chi connectivity index (χ0) is 13.7. The largest absolute Gasteiger partial charge is 0.490 e. The van der Waals surface area contributed by atoms with E-state index in [1.807, 2.05) is 13.8 Å². The lowest BCUT2D eigenvalue weighted by molar-refractivity contribution is 0.103. The summed E-state index contributed by atoms with van der Waals surface area (Å²) in [7, 11) is 0. The van der Waals surface area contributed by atoms with E-state index in [9.17, 15) is 4.79 Å². The lowest BCUT2D eigenvalue weighted by atomic mass is 10.1. The highest BCUT2D eigenvalue weighted by atomic mass is 16.5. The highest BCUT2D eigenvalue weighted by molar-refractivity contribution is 6.09. The predicted octanol–water partition coefficient (Wildman–Crippen LogP) is 3.31. The molecule has 0 aliphatic rings. The van der Waals surface area contributed by atoms with Crippen LogP contribution in [0.15, 0.2) is 41.2 Å². The molecule has 0 saturated heterocycles. The zero-order valence-electron chi connectivity index (χ0n) is 11.0. The molecule has 0 atom stereocenters. The number of ketones is 1. The fraction of sp³-hybridized carbons (Fsp3) is 0.267. The molecular formula is C15H16O4. The van der Waals surface area contributed by atoms with Gasteiger partial charge in [-0.05, 0) is 38.1 Å². The topological polar surface area (TPSA) is 48.7 Å². The van der Waals surface area contributed by atoms with Gasteiger partial charge in [-0.3, -0.25) is 4.79 Å². The first-order chi connectivity index (χ1) is 9.26. The minimum Gasteiger partial charge on any atom is -0.490 e. The number of benzene rings is 1. The Morgan fingerprint density at radius 3 is 2.42 bits per heavy atom. The molecule has 1 aromatic carbocycles. The third-order valence-electron chi connectivity index (χ3n) is 2.59. The molecule has 4 heteroatoms. The third kappa shape index (κ3) is 2.96. The lowest BCUT2D eigenvalue weighted by Crippen LogP contribution is -2.03. The van der Waals surface area contributed by atoms with Gasteiger partial charge < -0.3 is 13.9 Å². The number of furan rings is 1. The number of carbonyl (C=O) groups excluding carboxylic acids is 1. The molecule has 0 N–H and O–H groups in total. The van der Waals surface area contributed by atoms with Crippen molar-refractivity contribution < 1.29 is 18.7 Å². The summed E-state index contributed by atoms with van der Waals surface area (Å²) in [6.45, 7) is 4.86. The molecule has 4 nitrogen and oxygen atoms in total. The monoisotopic (exact) mass is 260 g/mol. The molecule has 19 heavy (non-hydrogen) atoms. The van der Waals surface area contributed by atoms with E-state index < -0.39 is 0 Å². The lowest BCUT2D eigenvalue weighted by Gasteiger charge is -2.11. The summed E-state index contributed by atoms with van der Waals surface area (Å²) in [5.74, 6) is 1.13. The van der Waals surface area contributed by atoms with Gasteiger partial charge in [-0.2, -0.15) is 0 Å². The maximum absolute atomic E-state index is 12.2. The summed E-state index contributed by atoms with van der Waals surface area (Å²) >= 11 is 0. The summed E-state index contributed by atoms with van der Waals surface area (Å²) in [4.78, 5) is 12.2. The molecule has 0 fully saturated rings. The Hall–Kier alpha value is -2.23. The molecule has 0 aliphatic heterocycles. The second-order valence-electron chi connectivity index (χ2n) is 3.87. The molecular weight excluding hydrogens is 244 g/mol.